The predicted octanol–water partition coefficient (Wildman–Crippen LogP) is 1.44. The first-order valence-corrected chi connectivity index (χ1v) is 5.65. The van der Waals surface area contributed by atoms with E-state index in [0.29, 0.717) is 11.0 Å². The van der Waals surface area contributed by atoms with E-state index >= 15 is 0 Å². The number of hydrogen-bond donors (Lipinski definition) is 0. The second-order valence-electron chi connectivity index (χ2n) is 3.14. The zero-order valence-electron chi connectivity index (χ0n) is 8.60. The third-order valence-electron chi connectivity index (χ3n) is 2.06. The number of thioether (sulfide) groups is 1. The molecule has 0 aliphatic heterocycles. The average Bonchev–Trinajstić information content (AvgIpc) is 2.25. The van der Waals surface area contributed by atoms with Gasteiger partial charge in [0.05, 0.1) is 11.7 Å². The molecule has 0 spiro atoms. The molecule has 0 N–H and O–H groups in total. The SMILES string of the molecule is CCSc1cnc2ncn(C)c(=O)c2c1. The maximum atomic E-state index is 11.8. The summed E-state index contributed by atoms with van der Waals surface area (Å²) in [6.07, 6.45) is 3.24. The molecule has 0 aliphatic carbocycles. The first-order valence-electron chi connectivity index (χ1n) is 4.66. The number of fused-ring (bicyclic) bond motifs is 1. The Labute approximate surface area is 91.4 Å². The molecule has 5 heteroatoms. The van der Waals surface area contributed by atoms with Gasteiger partial charge in [-0.25, -0.2) is 9.97 Å². The Balaban J connectivity index is 2.68. The van der Waals surface area contributed by atoms with Crippen LogP contribution >= 0.6 is 11.8 Å². The van der Waals surface area contributed by atoms with Gasteiger partial charge in [0.15, 0.2) is 5.65 Å². The minimum atomic E-state index is -0.0500. The number of rotatable bonds is 2. The van der Waals surface area contributed by atoms with Gasteiger partial charge >= 0.3 is 0 Å². The molecule has 0 saturated heterocycles. The van der Waals surface area contributed by atoms with Crippen LogP contribution in [0.4, 0.5) is 0 Å². The summed E-state index contributed by atoms with van der Waals surface area (Å²) < 4.78 is 1.46. The lowest BCUT2D eigenvalue weighted by Crippen LogP contribution is -2.17. The lowest BCUT2D eigenvalue weighted by atomic mass is 10.3. The van der Waals surface area contributed by atoms with Crippen LogP contribution < -0.4 is 5.56 Å². The van der Waals surface area contributed by atoms with E-state index in [0.717, 1.165) is 10.6 Å². The maximum Gasteiger partial charge on any atom is 0.262 e. The van der Waals surface area contributed by atoms with Gasteiger partial charge in [-0.15, -0.1) is 11.8 Å². The van der Waals surface area contributed by atoms with Gasteiger partial charge in [0.25, 0.3) is 5.56 Å². The fraction of sp³-hybridized carbons (Fsp3) is 0.300. The van der Waals surface area contributed by atoms with Crippen molar-refractivity contribution in [3.8, 4) is 0 Å². The van der Waals surface area contributed by atoms with E-state index in [9.17, 15) is 4.79 Å². The van der Waals surface area contributed by atoms with Crippen molar-refractivity contribution in [1.29, 1.82) is 0 Å². The molecule has 2 heterocycles. The molecule has 2 rings (SSSR count). The standard InChI is InChI=1S/C10H11N3OS/c1-3-15-7-4-8-9(11-5-7)12-6-13(2)10(8)14/h4-6H,3H2,1-2H3. The molecule has 4 nitrogen and oxygen atoms in total. The van der Waals surface area contributed by atoms with Gasteiger partial charge in [0.2, 0.25) is 0 Å². The lowest BCUT2D eigenvalue weighted by molar-refractivity contribution is 0.839. The van der Waals surface area contributed by atoms with Crippen molar-refractivity contribution in [2.75, 3.05) is 5.75 Å². The third kappa shape index (κ3) is 1.87. The van der Waals surface area contributed by atoms with Gasteiger partial charge < -0.3 is 4.57 Å². The first kappa shape index (κ1) is 10.2. The van der Waals surface area contributed by atoms with E-state index in [1.165, 1.54) is 10.9 Å². The number of pyridine rings is 1. The van der Waals surface area contributed by atoms with Crippen LogP contribution in [-0.2, 0) is 7.05 Å². The summed E-state index contributed by atoms with van der Waals surface area (Å²) in [4.78, 5) is 21.0. The quantitative estimate of drug-likeness (QED) is 0.720. The topological polar surface area (TPSA) is 47.8 Å². The van der Waals surface area contributed by atoms with Crippen molar-refractivity contribution in [3.63, 3.8) is 0 Å². The summed E-state index contributed by atoms with van der Waals surface area (Å²) in [5.41, 5.74) is 0.463. The van der Waals surface area contributed by atoms with Crippen molar-refractivity contribution >= 4 is 22.8 Å². The summed E-state index contributed by atoms with van der Waals surface area (Å²) >= 11 is 1.67. The maximum absolute atomic E-state index is 11.8. The van der Waals surface area contributed by atoms with Gasteiger partial charge in [-0.2, -0.15) is 0 Å². The van der Waals surface area contributed by atoms with Crippen LogP contribution in [0.5, 0.6) is 0 Å². The predicted molar refractivity (Wildman–Crippen MR) is 61.2 cm³/mol. The van der Waals surface area contributed by atoms with Gasteiger partial charge in [0.1, 0.15) is 0 Å². The van der Waals surface area contributed by atoms with Gasteiger partial charge in [-0.05, 0) is 11.8 Å². The van der Waals surface area contributed by atoms with Crippen LogP contribution in [0.15, 0.2) is 28.3 Å². The number of aryl methyl sites for hydroxylation is 1. The molecule has 0 amide bonds. The Morgan fingerprint density at radius 1 is 1.47 bits per heavy atom. The van der Waals surface area contributed by atoms with Crippen molar-refractivity contribution in [2.45, 2.75) is 11.8 Å². The smallest absolute Gasteiger partial charge is 0.262 e. The fourth-order valence-corrected chi connectivity index (χ4v) is 1.99. The highest BCUT2D eigenvalue weighted by atomic mass is 32.2. The van der Waals surface area contributed by atoms with Crippen LogP contribution in [0, 0.1) is 0 Å². The van der Waals surface area contributed by atoms with Crippen LogP contribution in [0.2, 0.25) is 0 Å². The Kier molecular flexibility index (Phi) is 2.73. The Morgan fingerprint density at radius 2 is 2.27 bits per heavy atom. The molecule has 0 aliphatic rings. The third-order valence-corrected chi connectivity index (χ3v) is 2.90. The van der Waals surface area contributed by atoms with Crippen LogP contribution in [0.3, 0.4) is 0 Å². The summed E-state index contributed by atoms with van der Waals surface area (Å²) in [6.45, 7) is 2.07. The zero-order valence-corrected chi connectivity index (χ0v) is 9.41. The molecule has 0 bridgehead atoms. The average molecular weight is 221 g/mol. The monoisotopic (exact) mass is 221 g/mol. The highest BCUT2D eigenvalue weighted by molar-refractivity contribution is 7.99. The van der Waals surface area contributed by atoms with Crippen molar-refractivity contribution < 1.29 is 0 Å². The first-order chi connectivity index (χ1) is 7.22. The number of aromatic nitrogens is 3. The van der Waals surface area contributed by atoms with Crippen molar-refractivity contribution in [2.24, 2.45) is 7.05 Å². The molecular weight excluding hydrogens is 210 g/mol. The summed E-state index contributed by atoms with van der Waals surface area (Å²) in [5.74, 6) is 0.966. The van der Waals surface area contributed by atoms with Crippen LogP contribution in [-0.4, -0.2) is 20.3 Å². The molecule has 15 heavy (non-hydrogen) atoms. The van der Waals surface area contributed by atoms with E-state index in [2.05, 4.69) is 16.9 Å². The summed E-state index contributed by atoms with van der Waals surface area (Å²) in [7, 11) is 1.69. The highest BCUT2D eigenvalue weighted by Crippen LogP contribution is 2.18. The minimum absolute atomic E-state index is 0.0500. The second-order valence-corrected chi connectivity index (χ2v) is 4.47. The Hall–Kier alpha value is -1.36. The van der Waals surface area contributed by atoms with E-state index in [-0.39, 0.29) is 5.56 Å². The summed E-state index contributed by atoms with van der Waals surface area (Å²) in [5, 5.41) is 0.582. The van der Waals surface area contributed by atoms with E-state index < -0.39 is 0 Å². The van der Waals surface area contributed by atoms with Crippen molar-refractivity contribution in [1.82, 2.24) is 14.5 Å². The van der Waals surface area contributed by atoms with Gasteiger partial charge in [-0.1, -0.05) is 6.92 Å². The van der Waals surface area contributed by atoms with Crippen molar-refractivity contribution in [3.05, 3.63) is 28.9 Å². The fourth-order valence-electron chi connectivity index (χ4n) is 1.33. The van der Waals surface area contributed by atoms with E-state index in [1.807, 2.05) is 6.07 Å². The van der Waals surface area contributed by atoms with E-state index in [4.69, 9.17) is 0 Å². The molecule has 78 valence electrons. The molecule has 0 radical (unpaired) electrons. The summed E-state index contributed by atoms with van der Waals surface area (Å²) in [6, 6.07) is 1.85. The Bertz CT molecular complexity index is 550. The van der Waals surface area contributed by atoms with Gasteiger partial charge in [0, 0.05) is 18.1 Å². The minimum Gasteiger partial charge on any atom is -0.302 e. The van der Waals surface area contributed by atoms with Crippen LogP contribution in [0.25, 0.3) is 11.0 Å². The van der Waals surface area contributed by atoms with E-state index in [1.54, 1.807) is 25.0 Å². The molecule has 0 aromatic carbocycles. The molecular formula is C10H11N3OS. The lowest BCUT2D eigenvalue weighted by Gasteiger charge is -2.01. The molecule has 0 saturated carbocycles. The molecule has 2 aromatic rings. The second kappa shape index (κ2) is 4.02. The molecule has 0 fully saturated rings. The Morgan fingerprint density at radius 3 is 3.00 bits per heavy atom. The van der Waals surface area contributed by atoms with Gasteiger partial charge in [-0.3, -0.25) is 4.79 Å². The molecule has 0 atom stereocenters. The highest BCUT2D eigenvalue weighted by Gasteiger charge is 2.04. The zero-order chi connectivity index (χ0) is 10.8. The van der Waals surface area contributed by atoms with Crippen LogP contribution in [0.1, 0.15) is 6.92 Å². The number of hydrogen-bond acceptors (Lipinski definition) is 4. The molecule has 2 aromatic heterocycles. The number of nitrogens with zero attached hydrogens (tertiary/aromatic N) is 3. The normalized spacial score (nSPS) is 10.8. The largest absolute Gasteiger partial charge is 0.302 e. The molecule has 0 unspecified atom stereocenters.